The van der Waals surface area contributed by atoms with Gasteiger partial charge in [0.05, 0.1) is 5.56 Å². The van der Waals surface area contributed by atoms with Gasteiger partial charge in [0.2, 0.25) is 11.0 Å². The zero-order chi connectivity index (χ0) is 20.1. The van der Waals surface area contributed by atoms with Crippen LogP contribution in [0.25, 0.3) is 11.1 Å². The summed E-state index contributed by atoms with van der Waals surface area (Å²) in [5.41, 5.74) is 1.37. The molecule has 8 heteroatoms. The minimum absolute atomic E-state index is 0.0653. The Balaban J connectivity index is 2.23. The van der Waals surface area contributed by atoms with Crippen LogP contribution in [0.5, 0.6) is 5.75 Å². The molecule has 1 atom stereocenters. The van der Waals surface area contributed by atoms with E-state index in [-0.39, 0.29) is 22.6 Å². The van der Waals surface area contributed by atoms with Crippen molar-refractivity contribution >= 4 is 28.8 Å². The van der Waals surface area contributed by atoms with Gasteiger partial charge < -0.3 is 15.5 Å². The van der Waals surface area contributed by atoms with Crippen LogP contribution in [0.4, 0.5) is 4.39 Å². The molecule has 0 aliphatic rings. The van der Waals surface area contributed by atoms with Crippen molar-refractivity contribution in [3.05, 3.63) is 53.3 Å². The van der Waals surface area contributed by atoms with Crippen molar-refractivity contribution in [2.24, 2.45) is 0 Å². The lowest BCUT2D eigenvalue weighted by molar-refractivity contribution is -0.140. The summed E-state index contributed by atoms with van der Waals surface area (Å²) < 4.78 is 14.2. The molecule has 27 heavy (non-hydrogen) atoms. The van der Waals surface area contributed by atoms with Gasteiger partial charge in [-0.3, -0.25) is 9.59 Å². The number of carboxylic acids is 1. The van der Waals surface area contributed by atoms with Crippen LogP contribution in [-0.4, -0.2) is 39.0 Å². The summed E-state index contributed by atoms with van der Waals surface area (Å²) >= 11 is 0.644. The molecule has 3 N–H and O–H groups in total. The molecule has 0 bridgehead atoms. The maximum Gasteiger partial charge on any atom is 0.327 e. The second kappa shape index (κ2) is 8.68. The van der Waals surface area contributed by atoms with Crippen LogP contribution in [0, 0.1) is 12.7 Å². The van der Waals surface area contributed by atoms with Crippen LogP contribution >= 0.6 is 11.8 Å². The number of carbonyl (C=O) groups excluding carboxylic acids is 2. The normalized spacial score (nSPS) is 11.7. The summed E-state index contributed by atoms with van der Waals surface area (Å²) in [5.74, 6) is -2.77. The Morgan fingerprint density at radius 2 is 1.89 bits per heavy atom. The highest BCUT2D eigenvalue weighted by Gasteiger charge is 2.22. The minimum Gasteiger partial charge on any atom is -0.507 e. The fourth-order valence-corrected chi connectivity index (χ4v) is 3.24. The van der Waals surface area contributed by atoms with E-state index in [9.17, 15) is 23.9 Å². The SMILES string of the molecule is CC(=O)N[C@@H](CSC(=O)c1cc(-c2ccc(C)cc2F)ccc1O)C(=O)O. The molecule has 2 aromatic rings. The summed E-state index contributed by atoms with van der Waals surface area (Å²) in [4.78, 5) is 34.6. The van der Waals surface area contributed by atoms with E-state index in [4.69, 9.17) is 5.11 Å². The predicted octanol–water partition coefficient (Wildman–Crippen LogP) is 2.97. The van der Waals surface area contributed by atoms with Gasteiger partial charge in [0.25, 0.3) is 0 Å². The Labute approximate surface area is 159 Å². The lowest BCUT2D eigenvalue weighted by atomic mass is 10.0. The van der Waals surface area contributed by atoms with Gasteiger partial charge in [0, 0.05) is 18.2 Å². The van der Waals surface area contributed by atoms with Crippen molar-refractivity contribution in [2.45, 2.75) is 19.9 Å². The number of carbonyl (C=O) groups is 3. The molecule has 0 spiro atoms. The summed E-state index contributed by atoms with van der Waals surface area (Å²) in [6.07, 6.45) is 0. The maximum absolute atomic E-state index is 14.2. The third-order valence-electron chi connectivity index (χ3n) is 3.71. The number of aryl methyl sites for hydroxylation is 1. The Morgan fingerprint density at radius 3 is 2.48 bits per heavy atom. The van der Waals surface area contributed by atoms with Crippen molar-refractivity contribution in [3.8, 4) is 16.9 Å². The average Bonchev–Trinajstić information content (AvgIpc) is 2.58. The summed E-state index contributed by atoms with van der Waals surface area (Å²) in [6, 6.07) is 7.56. The number of aromatic hydroxyl groups is 1. The number of nitrogens with one attached hydrogen (secondary N) is 1. The molecule has 0 saturated heterocycles. The number of carboxylic acid groups (broad SMARTS) is 1. The minimum atomic E-state index is -1.27. The summed E-state index contributed by atoms with van der Waals surface area (Å²) in [7, 11) is 0. The molecule has 6 nitrogen and oxygen atoms in total. The van der Waals surface area contributed by atoms with Gasteiger partial charge in [0.1, 0.15) is 17.6 Å². The van der Waals surface area contributed by atoms with E-state index in [1.807, 2.05) is 0 Å². The lowest BCUT2D eigenvalue weighted by Crippen LogP contribution is -2.41. The Kier molecular flexibility index (Phi) is 6.57. The molecule has 0 radical (unpaired) electrons. The molecule has 0 saturated carbocycles. The number of hydrogen-bond donors (Lipinski definition) is 3. The largest absolute Gasteiger partial charge is 0.507 e. The summed E-state index contributed by atoms with van der Waals surface area (Å²) in [6.45, 7) is 2.93. The number of thioether (sulfide) groups is 1. The van der Waals surface area contributed by atoms with Crippen molar-refractivity contribution in [1.82, 2.24) is 5.32 Å². The number of hydrogen-bond acceptors (Lipinski definition) is 5. The van der Waals surface area contributed by atoms with E-state index in [0.29, 0.717) is 17.3 Å². The van der Waals surface area contributed by atoms with E-state index in [0.717, 1.165) is 5.56 Å². The molecule has 0 unspecified atom stereocenters. The summed E-state index contributed by atoms with van der Waals surface area (Å²) in [5, 5.41) is 20.7. The van der Waals surface area contributed by atoms with Gasteiger partial charge in [-0.05, 0) is 36.2 Å². The van der Waals surface area contributed by atoms with E-state index in [1.165, 1.54) is 31.2 Å². The first-order valence-electron chi connectivity index (χ1n) is 7.95. The molecule has 2 rings (SSSR count). The van der Waals surface area contributed by atoms with E-state index >= 15 is 0 Å². The first-order chi connectivity index (χ1) is 12.7. The van der Waals surface area contributed by atoms with Crippen molar-refractivity contribution in [2.75, 3.05) is 5.75 Å². The van der Waals surface area contributed by atoms with Gasteiger partial charge in [-0.2, -0.15) is 0 Å². The van der Waals surface area contributed by atoms with Crippen molar-refractivity contribution < 1.29 is 29.0 Å². The molecule has 0 fully saturated rings. The van der Waals surface area contributed by atoms with E-state index < -0.39 is 28.9 Å². The van der Waals surface area contributed by atoms with Crippen LogP contribution in [0.3, 0.4) is 0 Å². The fourth-order valence-electron chi connectivity index (χ4n) is 2.38. The standard InChI is InChI=1S/C19H18FNO5S/c1-10-3-5-13(15(20)7-10)12-4-6-17(23)14(8-12)19(26)27-9-16(18(24)25)21-11(2)22/h3-8,16,23H,9H2,1-2H3,(H,21,22)(H,24,25)/t16-/m0/s1. The van der Waals surface area contributed by atoms with Gasteiger partial charge in [-0.25, -0.2) is 9.18 Å². The molecule has 0 aliphatic carbocycles. The van der Waals surface area contributed by atoms with Crippen molar-refractivity contribution in [1.29, 1.82) is 0 Å². The number of phenols is 1. The van der Waals surface area contributed by atoms with Crippen LogP contribution in [0.2, 0.25) is 0 Å². The van der Waals surface area contributed by atoms with Crippen LogP contribution in [0.1, 0.15) is 22.8 Å². The molecule has 142 valence electrons. The number of amides is 1. The Morgan fingerprint density at radius 1 is 1.19 bits per heavy atom. The molecule has 1 amide bonds. The third kappa shape index (κ3) is 5.30. The van der Waals surface area contributed by atoms with Crippen LogP contribution in [0.15, 0.2) is 36.4 Å². The first-order valence-corrected chi connectivity index (χ1v) is 8.94. The van der Waals surface area contributed by atoms with Crippen molar-refractivity contribution in [3.63, 3.8) is 0 Å². The third-order valence-corrected chi connectivity index (χ3v) is 4.69. The predicted molar refractivity (Wildman–Crippen MR) is 100 cm³/mol. The van der Waals surface area contributed by atoms with Gasteiger partial charge in [-0.1, -0.05) is 30.0 Å². The molecule has 0 heterocycles. The number of rotatable bonds is 6. The topological polar surface area (TPSA) is 104 Å². The van der Waals surface area contributed by atoms with E-state index in [1.54, 1.807) is 19.1 Å². The second-order valence-corrected chi connectivity index (χ2v) is 6.90. The molecule has 0 aromatic heterocycles. The molecular formula is C19H18FNO5S. The first kappa shape index (κ1) is 20.4. The highest BCUT2D eigenvalue weighted by Crippen LogP contribution is 2.30. The Bertz CT molecular complexity index is 900. The molecule has 0 aliphatic heterocycles. The van der Waals surface area contributed by atoms with E-state index in [2.05, 4.69) is 5.32 Å². The average molecular weight is 391 g/mol. The fraction of sp³-hybridized carbons (Fsp3) is 0.211. The quantitative estimate of drug-likeness (QED) is 0.699. The highest BCUT2D eigenvalue weighted by atomic mass is 32.2. The molecular weight excluding hydrogens is 373 g/mol. The zero-order valence-electron chi connectivity index (χ0n) is 14.7. The lowest BCUT2D eigenvalue weighted by Gasteiger charge is -2.13. The smallest absolute Gasteiger partial charge is 0.327 e. The number of benzene rings is 2. The van der Waals surface area contributed by atoms with Gasteiger partial charge in [-0.15, -0.1) is 0 Å². The van der Waals surface area contributed by atoms with Gasteiger partial charge in [0.15, 0.2) is 0 Å². The second-order valence-electron chi connectivity index (χ2n) is 5.91. The number of halogens is 1. The maximum atomic E-state index is 14.2. The number of phenolic OH excluding ortho intramolecular Hbond substituents is 1. The highest BCUT2D eigenvalue weighted by molar-refractivity contribution is 8.14. The Hall–Kier alpha value is -2.87. The van der Waals surface area contributed by atoms with Crippen LogP contribution < -0.4 is 5.32 Å². The molecule has 2 aromatic carbocycles. The van der Waals surface area contributed by atoms with Gasteiger partial charge >= 0.3 is 5.97 Å². The van der Waals surface area contributed by atoms with Crippen LogP contribution in [-0.2, 0) is 9.59 Å². The zero-order valence-corrected chi connectivity index (χ0v) is 15.5. The monoisotopic (exact) mass is 391 g/mol. The number of aliphatic carboxylic acids is 1.